The highest BCUT2D eigenvalue weighted by molar-refractivity contribution is 5.80. The molecule has 2 N–H and O–H groups in total. The number of nitrogen functional groups attached to an aromatic ring is 1. The number of para-hydroxylation sites is 1. The fraction of sp³-hybridized carbons (Fsp3) is 0.0667. The molecule has 0 radical (unpaired) electrons. The van der Waals surface area contributed by atoms with Crippen LogP contribution in [0.5, 0.6) is 0 Å². The largest absolute Gasteiger partial charge is 0.399 e. The Balaban J connectivity index is 2.41. The van der Waals surface area contributed by atoms with Crippen molar-refractivity contribution in [3.8, 4) is 5.69 Å². The number of rotatable bonds is 1. The lowest BCUT2D eigenvalue weighted by Gasteiger charge is -2.13. The van der Waals surface area contributed by atoms with Crippen LogP contribution in [0, 0.1) is 6.92 Å². The van der Waals surface area contributed by atoms with Gasteiger partial charge in [-0.25, -0.2) is 0 Å². The van der Waals surface area contributed by atoms with E-state index in [9.17, 15) is 4.79 Å². The molecular formula is C15H13N3O. The molecule has 4 heteroatoms. The maximum atomic E-state index is 11.8. The maximum absolute atomic E-state index is 11.8. The van der Waals surface area contributed by atoms with Crippen molar-refractivity contribution in [1.29, 1.82) is 0 Å². The molecule has 0 unspecified atom stereocenters. The van der Waals surface area contributed by atoms with Gasteiger partial charge < -0.3 is 5.73 Å². The van der Waals surface area contributed by atoms with Gasteiger partial charge in [-0.1, -0.05) is 18.2 Å². The zero-order valence-electron chi connectivity index (χ0n) is 10.5. The summed E-state index contributed by atoms with van der Waals surface area (Å²) in [4.78, 5) is 15.7. The molecule has 1 aromatic heterocycles. The van der Waals surface area contributed by atoms with Crippen LogP contribution in [0.2, 0.25) is 0 Å². The summed E-state index contributed by atoms with van der Waals surface area (Å²) in [5, 5.41) is 0.604. The van der Waals surface area contributed by atoms with Gasteiger partial charge in [0.05, 0.1) is 16.6 Å². The van der Waals surface area contributed by atoms with Crippen molar-refractivity contribution in [3.05, 3.63) is 64.7 Å². The molecule has 4 nitrogen and oxygen atoms in total. The van der Waals surface area contributed by atoms with Gasteiger partial charge in [0.15, 0.2) is 0 Å². The number of fused-ring (bicyclic) bond motifs is 1. The van der Waals surface area contributed by atoms with E-state index in [-0.39, 0.29) is 5.56 Å². The van der Waals surface area contributed by atoms with E-state index in [2.05, 4.69) is 4.98 Å². The Labute approximate surface area is 110 Å². The number of aromatic nitrogens is 2. The van der Waals surface area contributed by atoms with E-state index in [1.54, 1.807) is 12.4 Å². The predicted octanol–water partition coefficient (Wildman–Crippen LogP) is 2.28. The van der Waals surface area contributed by atoms with E-state index in [1.165, 1.54) is 0 Å². The highest BCUT2D eigenvalue weighted by Crippen LogP contribution is 2.20. The maximum Gasteiger partial charge on any atom is 0.280 e. The summed E-state index contributed by atoms with van der Waals surface area (Å²) in [5.74, 6) is 0. The van der Waals surface area contributed by atoms with E-state index in [0.717, 1.165) is 16.8 Å². The second-order valence-electron chi connectivity index (χ2n) is 4.48. The van der Waals surface area contributed by atoms with Crippen LogP contribution in [0.3, 0.4) is 0 Å². The van der Waals surface area contributed by atoms with Gasteiger partial charge in [-0.15, -0.1) is 0 Å². The summed E-state index contributed by atoms with van der Waals surface area (Å²) in [7, 11) is 0. The van der Waals surface area contributed by atoms with E-state index < -0.39 is 0 Å². The number of benzene rings is 2. The first kappa shape index (κ1) is 11.5. The second-order valence-corrected chi connectivity index (χ2v) is 4.48. The fourth-order valence-electron chi connectivity index (χ4n) is 2.18. The monoisotopic (exact) mass is 251 g/mol. The molecule has 3 aromatic rings. The van der Waals surface area contributed by atoms with E-state index in [1.807, 2.05) is 47.9 Å². The van der Waals surface area contributed by atoms with Gasteiger partial charge in [-0.2, -0.15) is 4.98 Å². The third-order valence-corrected chi connectivity index (χ3v) is 3.18. The van der Waals surface area contributed by atoms with E-state index in [4.69, 9.17) is 5.73 Å². The molecule has 0 saturated heterocycles. The van der Waals surface area contributed by atoms with Crippen molar-refractivity contribution < 1.29 is 0 Å². The van der Waals surface area contributed by atoms with Crippen LogP contribution >= 0.6 is 0 Å². The molecule has 0 fully saturated rings. The molecule has 0 aliphatic rings. The molecule has 19 heavy (non-hydrogen) atoms. The number of nitrogens with two attached hydrogens (primary N) is 1. The molecule has 0 spiro atoms. The SMILES string of the molecule is Cc1ccc(N)cc1-n1cnc(=O)c2ccccc21. The average molecular weight is 251 g/mol. The van der Waals surface area contributed by atoms with Gasteiger partial charge in [-0.3, -0.25) is 9.36 Å². The minimum absolute atomic E-state index is 0.214. The molecule has 0 aliphatic carbocycles. The van der Waals surface area contributed by atoms with Gasteiger partial charge in [0.1, 0.15) is 6.33 Å². The van der Waals surface area contributed by atoms with Crippen LogP contribution in [-0.4, -0.2) is 9.55 Å². The molecule has 3 rings (SSSR count). The first-order chi connectivity index (χ1) is 9.16. The van der Waals surface area contributed by atoms with Crippen LogP contribution < -0.4 is 11.3 Å². The quantitative estimate of drug-likeness (QED) is 0.675. The van der Waals surface area contributed by atoms with Crippen molar-refractivity contribution in [2.75, 3.05) is 5.73 Å². The highest BCUT2D eigenvalue weighted by Gasteiger charge is 2.07. The average Bonchev–Trinajstić information content (AvgIpc) is 2.43. The first-order valence-corrected chi connectivity index (χ1v) is 6.00. The smallest absolute Gasteiger partial charge is 0.280 e. The Morgan fingerprint density at radius 2 is 1.95 bits per heavy atom. The normalized spacial score (nSPS) is 10.8. The number of anilines is 1. The Kier molecular flexibility index (Phi) is 2.56. The van der Waals surface area contributed by atoms with Crippen LogP contribution in [-0.2, 0) is 0 Å². The Morgan fingerprint density at radius 1 is 1.16 bits per heavy atom. The molecular weight excluding hydrogens is 238 g/mol. The summed E-state index contributed by atoms with van der Waals surface area (Å²) < 4.78 is 1.89. The lowest BCUT2D eigenvalue weighted by molar-refractivity contribution is 1.01. The van der Waals surface area contributed by atoms with Gasteiger partial charge in [0.25, 0.3) is 5.56 Å². The lowest BCUT2D eigenvalue weighted by Crippen LogP contribution is -2.12. The van der Waals surface area contributed by atoms with Crippen molar-refractivity contribution in [2.45, 2.75) is 6.92 Å². The van der Waals surface area contributed by atoms with Crippen LogP contribution in [0.4, 0.5) is 5.69 Å². The Hall–Kier alpha value is -2.62. The first-order valence-electron chi connectivity index (χ1n) is 6.00. The fourth-order valence-corrected chi connectivity index (χ4v) is 2.18. The van der Waals surface area contributed by atoms with Crippen LogP contribution in [0.1, 0.15) is 5.56 Å². The molecule has 0 amide bonds. The van der Waals surface area contributed by atoms with Gasteiger partial charge >= 0.3 is 0 Å². The summed E-state index contributed by atoms with van der Waals surface area (Å²) in [6.07, 6.45) is 1.55. The Bertz CT molecular complexity index is 821. The van der Waals surface area contributed by atoms with E-state index in [0.29, 0.717) is 11.1 Å². The van der Waals surface area contributed by atoms with Crippen molar-refractivity contribution in [1.82, 2.24) is 9.55 Å². The predicted molar refractivity (Wildman–Crippen MR) is 76.5 cm³/mol. The van der Waals surface area contributed by atoms with Gasteiger partial charge in [0.2, 0.25) is 0 Å². The van der Waals surface area contributed by atoms with Crippen molar-refractivity contribution >= 4 is 16.6 Å². The summed E-state index contributed by atoms with van der Waals surface area (Å²) in [6, 6.07) is 13.1. The van der Waals surface area contributed by atoms with Crippen LogP contribution in [0.15, 0.2) is 53.6 Å². The third kappa shape index (κ3) is 1.87. The molecule has 0 aliphatic heterocycles. The lowest BCUT2D eigenvalue weighted by atomic mass is 10.1. The molecule has 0 atom stereocenters. The topological polar surface area (TPSA) is 60.9 Å². The minimum Gasteiger partial charge on any atom is -0.399 e. The van der Waals surface area contributed by atoms with Crippen molar-refractivity contribution in [3.63, 3.8) is 0 Å². The minimum atomic E-state index is -0.214. The molecule has 0 saturated carbocycles. The molecule has 1 heterocycles. The number of hydrogen-bond acceptors (Lipinski definition) is 3. The Morgan fingerprint density at radius 3 is 2.79 bits per heavy atom. The molecule has 2 aromatic carbocycles. The second kappa shape index (κ2) is 4.24. The number of nitrogens with zero attached hydrogens (tertiary/aromatic N) is 2. The molecule has 0 bridgehead atoms. The summed E-state index contributed by atoms with van der Waals surface area (Å²) in [6.45, 7) is 2.00. The third-order valence-electron chi connectivity index (χ3n) is 3.18. The summed E-state index contributed by atoms with van der Waals surface area (Å²) >= 11 is 0. The highest BCUT2D eigenvalue weighted by atomic mass is 16.1. The van der Waals surface area contributed by atoms with Gasteiger partial charge in [0, 0.05) is 5.69 Å². The van der Waals surface area contributed by atoms with Crippen LogP contribution in [0.25, 0.3) is 16.6 Å². The number of aryl methyl sites for hydroxylation is 1. The zero-order chi connectivity index (χ0) is 13.4. The van der Waals surface area contributed by atoms with Crippen molar-refractivity contribution in [2.24, 2.45) is 0 Å². The summed E-state index contributed by atoms with van der Waals surface area (Å²) in [5.41, 5.74) is 9.15. The number of hydrogen-bond donors (Lipinski definition) is 1. The zero-order valence-corrected chi connectivity index (χ0v) is 10.5. The van der Waals surface area contributed by atoms with Gasteiger partial charge in [-0.05, 0) is 36.8 Å². The molecule has 94 valence electrons. The standard InChI is InChI=1S/C15H13N3O/c1-10-6-7-11(16)8-14(10)18-9-17-15(19)12-4-2-3-5-13(12)18/h2-9H,16H2,1H3. The van der Waals surface area contributed by atoms with E-state index >= 15 is 0 Å².